The van der Waals surface area contributed by atoms with E-state index in [1.807, 2.05) is 0 Å². The first-order chi connectivity index (χ1) is 8.13. The molecule has 0 radical (unpaired) electrons. The van der Waals surface area contributed by atoms with Crippen molar-refractivity contribution in [2.75, 3.05) is 6.54 Å². The van der Waals surface area contributed by atoms with Crippen molar-refractivity contribution in [2.24, 2.45) is 0 Å². The number of hydrogen-bond donors (Lipinski definition) is 2. The van der Waals surface area contributed by atoms with Crippen molar-refractivity contribution >= 4 is 29.2 Å². The third-order valence-electron chi connectivity index (χ3n) is 2.27. The van der Waals surface area contributed by atoms with Gasteiger partial charge in [-0.15, -0.1) is 0 Å². The molecule has 0 aliphatic heterocycles. The van der Waals surface area contributed by atoms with Crippen LogP contribution in [0.4, 0.5) is 4.79 Å². The van der Waals surface area contributed by atoms with Gasteiger partial charge >= 0.3 is 6.03 Å². The molecule has 0 heterocycles. The molecule has 0 saturated carbocycles. The smallest absolute Gasteiger partial charge is 0.315 e. The minimum absolute atomic E-state index is 0.176. The molecular formula is C12H16Cl2N2O. The maximum Gasteiger partial charge on any atom is 0.315 e. The molecule has 0 atom stereocenters. The van der Waals surface area contributed by atoms with Gasteiger partial charge < -0.3 is 10.6 Å². The number of hydrogen-bond acceptors (Lipinski definition) is 1. The molecule has 3 nitrogen and oxygen atoms in total. The molecule has 0 spiro atoms. The second-order valence-corrected chi connectivity index (χ2v) is 4.54. The van der Waals surface area contributed by atoms with Crippen molar-refractivity contribution in [3.63, 3.8) is 0 Å². The van der Waals surface area contributed by atoms with Crippen LogP contribution in [0, 0.1) is 0 Å². The van der Waals surface area contributed by atoms with E-state index >= 15 is 0 Å². The van der Waals surface area contributed by atoms with Gasteiger partial charge in [0.15, 0.2) is 0 Å². The van der Waals surface area contributed by atoms with Crippen LogP contribution in [0.5, 0.6) is 0 Å². The third-order valence-corrected chi connectivity index (χ3v) is 2.86. The second kappa shape index (κ2) is 7.41. The predicted molar refractivity (Wildman–Crippen MR) is 71.6 cm³/mol. The Kier molecular flexibility index (Phi) is 6.16. The lowest BCUT2D eigenvalue weighted by molar-refractivity contribution is 0.240. The molecule has 0 fully saturated rings. The van der Waals surface area contributed by atoms with Gasteiger partial charge in [-0.1, -0.05) is 42.6 Å². The molecule has 94 valence electrons. The van der Waals surface area contributed by atoms with E-state index in [0.29, 0.717) is 23.1 Å². The van der Waals surface area contributed by atoms with Gasteiger partial charge in [0.2, 0.25) is 0 Å². The van der Waals surface area contributed by atoms with E-state index < -0.39 is 0 Å². The van der Waals surface area contributed by atoms with Gasteiger partial charge in [-0.25, -0.2) is 4.79 Å². The summed E-state index contributed by atoms with van der Waals surface area (Å²) in [6, 6.07) is 5.04. The molecule has 2 N–H and O–H groups in total. The Morgan fingerprint density at radius 3 is 2.71 bits per heavy atom. The summed E-state index contributed by atoms with van der Waals surface area (Å²) < 4.78 is 0. The Hall–Kier alpha value is -0.930. The summed E-state index contributed by atoms with van der Waals surface area (Å²) in [6.45, 7) is 3.16. The molecule has 0 aliphatic rings. The number of halogens is 2. The quantitative estimate of drug-likeness (QED) is 0.792. The van der Waals surface area contributed by atoms with E-state index in [-0.39, 0.29) is 6.03 Å². The Morgan fingerprint density at radius 2 is 2.06 bits per heavy atom. The van der Waals surface area contributed by atoms with Crippen molar-refractivity contribution < 1.29 is 4.79 Å². The van der Waals surface area contributed by atoms with Gasteiger partial charge in [0.25, 0.3) is 0 Å². The Balaban J connectivity index is 2.37. The highest BCUT2D eigenvalue weighted by atomic mass is 35.5. The molecule has 17 heavy (non-hydrogen) atoms. The number of carbonyl (C=O) groups excluding carboxylic acids is 1. The lowest BCUT2D eigenvalue weighted by Gasteiger charge is -2.08. The number of carbonyl (C=O) groups is 1. The molecule has 2 amide bonds. The monoisotopic (exact) mass is 274 g/mol. The van der Waals surface area contributed by atoms with E-state index in [1.165, 1.54) is 0 Å². The summed E-state index contributed by atoms with van der Waals surface area (Å²) in [7, 11) is 0. The fraction of sp³-hybridized carbons (Fsp3) is 0.417. The molecule has 0 bridgehead atoms. The van der Waals surface area contributed by atoms with Gasteiger partial charge in [-0.3, -0.25) is 0 Å². The Labute approximate surface area is 111 Å². The molecule has 1 rings (SSSR count). The van der Waals surface area contributed by atoms with Crippen molar-refractivity contribution in [2.45, 2.75) is 26.3 Å². The van der Waals surface area contributed by atoms with E-state index in [2.05, 4.69) is 17.6 Å². The summed E-state index contributed by atoms with van der Waals surface area (Å²) in [5, 5.41) is 6.66. The molecule has 1 aromatic carbocycles. The number of unbranched alkanes of at least 4 members (excludes halogenated alkanes) is 1. The Bertz CT molecular complexity index is 383. The third kappa shape index (κ3) is 5.29. The summed E-state index contributed by atoms with van der Waals surface area (Å²) in [5.41, 5.74) is 0.849. The molecule has 5 heteroatoms. The summed E-state index contributed by atoms with van der Waals surface area (Å²) in [5.74, 6) is 0. The van der Waals surface area contributed by atoms with Crippen LogP contribution in [-0.4, -0.2) is 12.6 Å². The van der Waals surface area contributed by atoms with Crippen LogP contribution in [0.1, 0.15) is 25.3 Å². The zero-order chi connectivity index (χ0) is 12.7. The van der Waals surface area contributed by atoms with Gasteiger partial charge in [0, 0.05) is 23.1 Å². The first kappa shape index (κ1) is 14.1. The van der Waals surface area contributed by atoms with Crippen molar-refractivity contribution in [1.29, 1.82) is 0 Å². The molecule has 1 aromatic rings. The number of amides is 2. The lowest BCUT2D eigenvalue weighted by Crippen LogP contribution is -2.35. The summed E-state index contributed by atoms with van der Waals surface area (Å²) in [4.78, 5) is 11.4. The van der Waals surface area contributed by atoms with Crippen LogP contribution in [0.15, 0.2) is 18.2 Å². The van der Waals surface area contributed by atoms with E-state index in [9.17, 15) is 4.79 Å². The molecule has 0 saturated heterocycles. The van der Waals surface area contributed by atoms with Crippen LogP contribution in [0.3, 0.4) is 0 Å². The standard InChI is InChI=1S/C12H16Cl2N2O/c1-2-3-6-15-12(17)16-8-9-4-5-10(13)7-11(9)14/h4-5,7H,2-3,6,8H2,1H3,(H2,15,16,17). The van der Waals surface area contributed by atoms with Crippen LogP contribution in [0.25, 0.3) is 0 Å². The zero-order valence-corrected chi connectivity index (χ0v) is 11.2. The largest absolute Gasteiger partial charge is 0.338 e. The molecular weight excluding hydrogens is 259 g/mol. The number of rotatable bonds is 5. The maximum absolute atomic E-state index is 11.4. The fourth-order valence-electron chi connectivity index (χ4n) is 1.28. The fourth-order valence-corrected chi connectivity index (χ4v) is 1.76. The van der Waals surface area contributed by atoms with Crippen LogP contribution in [-0.2, 0) is 6.54 Å². The van der Waals surface area contributed by atoms with E-state index in [4.69, 9.17) is 23.2 Å². The van der Waals surface area contributed by atoms with Crippen LogP contribution < -0.4 is 10.6 Å². The Morgan fingerprint density at radius 1 is 1.29 bits per heavy atom. The lowest BCUT2D eigenvalue weighted by atomic mass is 10.2. The number of nitrogens with one attached hydrogen (secondary N) is 2. The minimum Gasteiger partial charge on any atom is -0.338 e. The van der Waals surface area contributed by atoms with Crippen molar-refractivity contribution in [3.05, 3.63) is 33.8 Å². The van der Waals surface area contributed by atoms with Gasteiger partial charge in [-0.2, -0.15) is 0 Å². The first-order valence-electron chi connectivity index (χ1n) is 5.59. The van der Waals surface area contributed by atoms with Crippen molar-refractivity contribution in [1.82, 2.24) is 10.6 Å². The molecule has 0 unspecified atom stereocenters. The van der Waals surface area contributed by atoms with Gasteiger partial charge in [-0.05, 0) is 24.1 Å². The highest BCUT2D eigenvalue weighted by Crippen LogP contribution is 2.20. The molecule has 0 aliphatic carbocycles. The van der Waals surface area contributed by atoms with Crippen LogP contribution in [0.2, 0.25) is 10.0 Å². The van der Waals surface area contributed by atoms with Gasteiger partial charge in [0.1, 0.15) is 0 Å². The van der Waals surface area contributed by atoms with Crippen molar-refractivity contribution in [3.8, 4) is 0 Å². The van der Waals surface area contributed by atoms with Crippen LogP contribution >= 0.6 is 23.2 Å². The topological polar surface area (TPSA) is 41.1 Å². The first-order valence-corrected chi connectivity index (χ1v) is 6.34. The maximum atomic E-state index is 11.4. The van der Waals surface area contributed by atoms with E-state index in [1.54, 1.807) is 18.2 Å². The number of urea groups is 1. The normalized spacial score (nSPS) is 10.1. The SMILES string of the molecule is CCCCNC(=O)NCc1ccc(Cl)cc1Cl. The zero-order valence-electron chi connectivity index (χ0n) is 9.72. The van der Waals surface area contributed by atoms with E-state index in [0.717, 1.165) is 18.4 Å². The predicted octanol–water partition coefficient (Wildman–Crippen LogP) is 3.59. The van der Waals surface area contributed by atoms with Gasteiger partial charge in [0.05, 0.1) is 0 Å². The molecule has 0 aromatic heterocycles. The highest BCUT2D eigenvalue weighted by Gasteiger charge is 2.03. The summed E-state index contributed by atoms with van der Waals surface area (Å²) in [6.07, 6.45) is 2.04. The average molecular weight is 275 g/mol. The minimum atomic E-state index is -0.176. The average Bonchev–Trinajstić information content (AvgIpc) is 2.28. The summed E-state index contributed by atoms with van der Waals surface area (Å²) >= 11 is 11.8. The number of benzene rings is 1. The second-order valence-electron chi connectivity index (χ2n) is 3.70. The highest BCUT2D eigenvalue weighted by molar-refractivity contribution is 6.35.